The lowest BCUT2D eigenvalue weighted by atomic mass is 9.98. The Morgan fingerprint density at radius 1 is 1.09 bits per heavy atom. The quantitative estimate of drug-likeness (QED) is 0.695. The summed E-state index contributed by atoms with van der Waals surface area (Å²) in [5.41, 5.74) is 1.99. The second-order valence-corrected chi connectivity index (χ2v) is 10.5. The Balaban J connectivity index is 1.82. The molecule has 0 amide bonds. The van der Waals surface area contributed by atoms with Gasteiger partial charge in [-0.15, -0.1) is 0 Å². The molecule has 7 heteroatoms. The predicted molar refractivity (Wildman–Crippen MR) is 120 cm³/mol. The Morgan fingerprint density at radius 3 is 2.28 bits per heavy atom. The summed E-state index contributed by atoms with van der Waals surface area (Å²) in [5, 5.41) is 19.1. The number of hydrogen-bond donors (Lipinski definition) is 1. The SMILES string of the molecule is Cc1ccc(S(=O)(=O)N2[C@@H](c3ccc(C#N)cc3)C(C(=O)O)=C[C@H]2CC2CCCC2)cc1. The molecular weight excluding hydrogens is 424 g/mol. The van der Waals surface area contributed by atoms with Crippen LogP contribution in [-0.4, -0.2) is 29.8 Å². The lowest BCUT2D eigenvalue weighted by Crippen LogP contribution is -2.39. The molecule has 0 unspecified atom stereocenters. The molecule has 166 valence electrons. The van der Waals surface area contributed by atoms with Gasteiger partial charge in [0.05, 0.1) is 28.1 Å². The Kier molecular flexibility index (Phi) is 6.18. The average Bonchev–Trinajstić information content (AvgIpc) is 3.42. The lowest BCUT2D eigenvalue weighted by Gasteiger charge is -2.32. The zero-order valence-corrected chi connectivity index (χ0v) is 18.8. The van der Waals surface area contributed by atoms with Gasteiger partial charge in [0, 0.05) is 6.04 Å². The summed E-state index contributed by atoms with van der Waals surface area (Å²) in [6, 6.07) is 13.7. The van der Waals surface area contributed by atoms with Gasteiger partial charge in [0.2, 0.25) is 10.0 Å². The van der Waals surface area contributed by atoms with Crippen molar-refractivity contribution in [3.63, 3.8) is 0 Å². The van der Waals surface area contributed by atoms with Crippen molar-refractivity contribution < 1.29 is 18.3 Å². The first-order valence-corrected chi connectivity index (χ1v) is 12.3. The molecule has 0 radical (unpaired) electrons. The van der Waals surface area contributed by atoms with Gasteiger partial charge in [0.1, 0.15) is 0 Å². The number of rotatable bonds is 6. The molecule has 1 N–H and O–H groups in total. The minimum absolute atomic E-state index is 0.0633. The second kappa shape index (κ2) is 8.89. The fourth-order valence-corrected chi connectivity index (χ4v) is 6.60. The van der Waals surface area contributed by atoms with Crippen molar-refractivity contribution in [3.8, 4) is 6.07 Å². The first-order valence-electron chi connectivity index (χ1n) is 10.9. The van der Waals surface area contributed by atoms with Gasteiger partial charge in [-0.05, 0) is 49.1 Å². The highest BCUT2D eigenvalue weighted by molar-refractivity contribution is 7.89. The summed E-state index contributed by atoms with van der Waals surface area (Å²) < 4.78 is 29.1. The molecule has 1 aliphatic heterocycles. The first-order chi connectivity index (χ1) is 15.3. The fraction of sp³-hybridized carbons (Fsp3) is 0.360. The molecule has 1 aliphatic carbocycles. The van der Waals surface area contributed by atoms with E-state index in [1.54, 1.807) is 54.6 Å². The van der Waals surface area contributed by atoms with Crippen LogP contribution in [0.25, 0.3) is 0 Å². The maximum Gasteiger partial charge on any atom is 0.333 e. The van der Waals surface area contributed by atoms with E-state index in [-0.39, 0.29) is 10.5 Å². The molecule has 0 spiro atoms. The molecule has 0 aromatic heterocycles. The second-order valence-electron chi connectivity index (χ2n) is 8.67. The van der Waals surface area contributed by atoms with Crippen molar-refractivity contribution in [1.29, 1.82) is 5.26 Å². The van der Waals surface area contributed by atoms with Gasteiger partial charge in [0.25, 0.3) is 0 Å². The third kappa shape index (κ3) is 4.21. The van der Waals surface area contributed by atoms with E-state index in [1.165, 1.54) is 4.31 Å². The van der Waals surface area contributed by atoms with Gasteiger partial charge < -0.3 is 5.11 Å². The number of hydrogen-bond acceptors (Lipinski definition) is 4. The van der Waals surface area contributed by atoms with Crippen molar-refractivity contribution in [2.24, 2.45) is 5.92 Å². The molecule has 32 heavy (non-hydrogen) atoms. The van der Waals surface area contributed by atoms with Crippen LogP contribution >= 0.6 is 0 Å². The Labute approximate surface area is 188 Å². The van der Waals surface area contributed by atoms with E-state index < -0.39 is 28.1 Å². The molecule has 6 nitrogen and oxygen atoms in total. The van der Waals surface area contributed by atoms with Crippen LogP contribution < -0.4 is 0 Å². The summed E-state index contributed by atoms with van der Waals surface area (Å²) in [7, 11) is -3.97. The van der Waals surface area contributed by atoms with E-state index in [4.69, 9.17) is 5.26 Å². The number of nitriles is 1. The van der Waals surface area contributed by atoms with E-state index in [1.807, 2.05) is 13.0 Å². The number of carbonyl (C=O) groups is 1. The number of aliphatic carboxylic acids is 1. The molecule has 2 atom stereocenters. The molecule has 2 aromatic carbocycles. The number of nitrogens with zero attached hydrogens (tertiary/aromatic N) is 2. The zero-order chi connectivity index (χ0) is 22.9. The number of benzene rings is 2. The summed E-state index contributed by atoms with van der Waals surface area (Å²) >= 11 is 0. The summed E-state index contributed by atoms with van der Waals surface area (Å²) in [6.07, 6.45) is 6.54. The summed E-state index contributed by atoms with van der Waals surface area (Å²) in [4.78, 5) is 12.4. The van der Waals surface area contributed by atoms with Gasteiger partial charge in [-0.1, -0.05) is 61.6 Å². The highest BCUT2D eigenvalue weighted by Crippen LogP contribution is 2.44. The van der Waals surface area contributed by atoms with Crippen LogP contribution in [0.3, 0.4) is 0 Å². The van der Waals surface area contributed by atoms with Crippen LogP contribution in [0, 0.1) is 24.2 Å². The largest absolute Gasteiger partial charge is 0.478 e. The van der Waals surface area contributed by atoms with Crippen LogP contribution in [0.5, 0.6) is 0 Å². The molecular formula is C25H26N2O4S. The number of carboxylic acids is 1. The Hall–Kier alpha value is -2.95. The van der Waals surface area contributed by atoms with Crippen LogP contribution in [0.4, 0.5) is 0 Å². The van der Waals surface area contributed by atoms with Crippen LogP contribution in [-0.2, 0) is 14.8 Å². The third-order valence-electron chi connectivity index (χ3n) is 6.50. The topological polar surface area (TPSA) is 98.5 Å². The average molecular weight is 451 g/mol. The van der Waals surface area contributed by atoms with Crippen molar-refractivity contribution in [1.82, 2.24) is 4.31 Å². The highest BCUT2D eigenvalue weighted by Gasteiger charge is 2.46. The van der Waals surface area contributed by atoms with E-state index in [2.05, 4.69) is 0 Å². The lowest BCUT2D eigenvalue weighted by molar-refractivity contribution is -0.133. The molecule has 0 bridgehead atoms. The Bertz CT molecular complexity index is 1170. The molecule has 2 aromatic rings. The van der Waals surface area contributed by atoms with Gasteiger partial charge in [-0.2, -0.15) is 9.57 Å². The van der Waals surface area contributed by atoms with Crippen molar-refractivity contribution >= 4 is 16.0 Å². The maximum atomic E-state index is 13.9. The van der Waals surface area contributed by atoms with Crippen LogP contribution in [0.1, 0.15) is 54.8 Å². The fourth-order valence-electron chi connectivity index (χ4n) is 4.86. The third-order valence-corrected chi connectivity index (χ3v) is 8.40. The number of sulfonamides is 1. The number of carboxylic acid groups (broad SMARTS) is 1. The predicted octanol–water partition coefficient (Wildman–Crippen LogP) is 4.57. The maximum absolute atomic E-state index is 13.9. The summed E-state index contributed by atoms with van der Waals surface area (Å²) in [6.45, 7) is 1.89. The molecule has 0 saturated heterocycles. The monoisotopic (exact) mass is 450 g/mol. The van der Waals surface area contributed by atoms with Gasteiger partial charge in [0.15, 0.2) is 0 Å². The van der Waals surface area contributed by atoms with Crippen molar-refractivity contribution in [2.45, 2.75) is 56.0 Å². The normalized spacial score (nSPS) is 21.9. The van der Waals surface area contributed by atoms with Crippen molar-refractivity contribution in [3.05, 3.63) is 76.9 Å². The minimum atomic E-state index is -3.97. The van der Waals surface area contributed by atoms with Crippen LogP contribution in [0.2, 0.25) is 0 Å². The minimum Gasteiger partial charge on any atom is -0.478 e. The van der Waals surface area contributed by atoms with Gasteiger partial charge >= 0.3 is 5.97 Å². The van der Waals surface area contributed by atoms with E-state index >= 15 is 0 Å². The number of aryl methyl sites for hydroxylation is 1. The van der Waals surface area contributed by atoms with Crippen molar-refractivity contribution in [2.75, 3.05) is 0 Å². The van der Waals surface area contributed by atoms with E-state index in [0.717, 1.165) is 31.2 Å². The molecule has 2 aliphatic rings. The van der Waals surface area contributed by atoms with E-state index in [0.29, 0.717) is 23.5 Å². The highest BCUT2D eigenvalue weighted by atomic mass is 32.2. The van der Waals surface area contributed by atoms with Gasteiger partial charge in [-0.3, -0.25) is 0 Å². The first kappa shape index (κ1) is 22.3. The summed E-state index contributed by atoms with van der Waals surface area (Å²) in [5.74, 6) is -0.751. The zero-order valence-electron chi connectivity index (χ0n) is 17.9. The molecule has 4 rings (SSSR count). The molecule has 1 heterocycles. The molecule has 1 saturated carbocycles. The molecule has 1 fully saturated rings. The van der Waals surface area contributed by atoms with Gasteiger partial charge in [-0.25, -0.2) is 13.2 Å². The smallest absolute Gasteiger partial charge is 0.333 e. The Morgan fingerprint density at radius 2 is 1.72 bits per heavy atom. The van der Waals surface area contributed by atoms with Crippen LogP contribution in [0.15, 0.2) is 65.1 Å². The van der Waals surface area contributed by atoms with E-state index in [9.17, 15) is 18.3 Å². The standard InChI is InChI=1S/C25H26N2O4S/c1-17-6-12-22(13-7-17)32(30,31)27-21(14-18-4-2-3-5-18)15-23(25(28)29)24(27)20-10-8-19(16-26)9-11-20/h6-13,15,18,21,24H,2-5,14H2,1H3,(H,28,29)/t21-,24+/m1/s1.